The van der Waals surface area contributed by atoms with E-state index in [1.807, 2.05) is 6.92 Å². The highest BCUT2D eigenvalue weighted by Gasteiger charge is 2.17. The molecule has 3 N–H and O–H groups in total. The maximum absolute atomic E-state index is 11.6. The fourth-order valence-corrected chi connectivity index (χ4v) is 1.85. The topological polar surface area (TPSA) is 115 Å². The predicted octanol–water partition coefficient (Wildman–Crippen LogP) is -0.542. The fourth-order valence-electron chi connectivity index (χ4n) is 1.85. The van der Waals surface area contributed by atoms with E-state index in [1.165, 1.54) is 4.68 Å². The Labute approximate surface area is 122 Å². The molecule has 2 aromatic rings. The number of nitrogens with zero attached hydrogens (tertiary/aromatic N) is 6. The van der Waals surface area contributed by atoms with Crippen LogP contribution in [0.25, 0.3) is 5.95 Å². The van der Waals surface area contributed by atoms with Gasteiger partial charge >= 0.3 is 0 Å². The lowest BCUT2D eigenvalue weighted by atomic mass is 10.1. The number of nitrogen functional groups attached to an aromatic ring is 1. The van der Waals surface area contributed by atoms with Gasteiger partial charge in [-0.25, -0.2) is 4.68 Å². The van der Waals surface area contributed by atoms with Gasteiger partial charge in [-0.3, -0.25) is 4.79 Å². The first kappa shape index (κ1) is 14.7. The average molecular weight is 290 g/mol. The molecule has 1 amide bonds. The van der Waals surface area contributed by atoms with E-state index in [1.54, 1.807) is 37.5 Å². The summed E-state index contributed by atoms with van der Waals surface area (Å²) >= 11 is 0. The van der Waals surface area contributed by atoms with E-state index in [0.29, 0.717) is 18.4 Å². The number of nitrogens with two attached hydrogens (primary N) is 1. The molecule has 0 bridgehead atoms. The third-order valence-electron chi connectivity index (χ3n) is 2.92. The van der Waals surface area contributed by atoms with E-state index in [0.717, 1.165) is 0 Å². The third kappa shape index (κ3) is 3.44. The summed E-state index contributed by atoms with van der Waals surface area (Å²) in [7, 11) is 3.40. The summed E-state index contributed by atoms with van der Waals surface area (Å²) in [6.45, 7) is 2.29. The van der Waals surface area contributed by atoms with Crippen LogP contribution >= 0.6 is 0 Å². The fraction of sp³-hybridized carbons (Fsp3) is 0.417. The Hall–Kier alpha value is -2.71. The van der Waals surface area contributed by atoms with Crippen LogP contribution in [0.3, 0.4) is 0 Å². The molecule has 21 heavy (non-hydrogen) atoms. The van der Waals surface area contributed by atoms with Crippen molar-refractivity contribution in [2.45, 2.75) is 6.92 Å². The molecule has 0 spiro atoms. The van der Waals surface area contributed by atoms with Gasteiger partial charge in [0.2, 0.25) is 17.8 Å². The lowest BCUT2D eigenvalue weighted by Gasteiger charge is -2.20. The summed E-state index contributed by atoms with van der Waals surface area (Å²) in [5.41, 5.74) is 5.71. The normalized spacial score (nSPS) is 12.0. The standard InChI is InChI=1S/C12H18N8O/c1-8(9(21)14-2)7-19(3)11-16-10(13)17-12(18-11)20-6-4-5-15-20/h4-6,8H,7H2,1-3H3,(H,14,21)(H2,13,16,17,18). The number of hydrogen-bond donors (Lipinski definition) is 2. The van der Waals surface area contributed by atoms with Crippen molar-refractivity contribution in [1.82, 2.24) is 30.0 Å². The van der Waals surface area contributed by atoms with Gasteiger partial charge in [0.1, 0.15) is 0 Å². The molecule has 0 saturated carbocycles. The highest BCUT2D eigenvalue weighted by molar-refractivity contribution is 5.78. The summed E-state index contributed by atoms with van der Waals surface area (Å²) < 4.78 is 1.50. The van der Waals surface area contributed by atoms with Crippen molar-refractivity contribution < 1.29 is 4.79 Å². The van der Waals surface area contributed by atoms with Crippen LogP contribution in [0.15, 0.2) is 18.5 Å². The molecule has 0 saturated heterocycles. The molecule has 2 heterocycles. The molecule has 112 valence electrons. The van der Waals surface area contributed by atoms with Gasteiger partial charge in [0, 0.05) is 33.0 Å². The Balaban J connectivity index is 2.21. The first-order chi connectivity index (χ1) is 10.0. The van der Waals surface area contributed by atoms with Gasteiger partial charge in [0.25, 0.3) is 5.95 Å². The Kier molecular flexibility index (Phi) is 4.31. The largest absolute Gasteiger partial charge is 0.368 e. The van der Waals surface area contributed by atoms with Gasteiger partial charge in [-0.2, -0.15) is 20.1 Å². The maximum Gasteiger partial charge on any atom is 0.257 e. The van der Waals surface area contributed by atoms with Crippen molar-refractivity contribution in [3.63, 3.8) is 0 Å². The first-order valence-corrected chi connectivity index (χ1v) is 6.45. The van der Waals surface area contributed by atoms with E-state index in [4.69, 9.17) is 5.73 Å². The maximum atomic E-state index is 11.6. The Morgan fingerprint density at radius 1 is 1.48 bits per heavy atom. The minimum absolute atomic E-state index is 0.0452. The highest BCUT2D eigenvalue weighted by Crippen LogP contribution is 2.11. The van der Waals surface area contributed by atoms with Crippen molar-refractivity contribution in [2.24, 2.45) is 5.92 Å². The second kappa shape index (κ2) is 6.16. The summed E-state index contributed by atoms with van der Waals surface area (Å²) in [6, 6.07) is 1.76. The van der Waals surface area contributed by atoms with Crippen LogP contribution < -0.4 is 16.0 Å². The Bertz CT molecular complexity index is 612. The molecule has 1 unspecified atom stereocenters. The molecule has 9 heteroatoms. The monoisotopic (exact) mass is 290 g/mol. The number of hydrogen-bond acceptors (Lipinski definition) is 7. The molecule has 0 aliphatic rings. The number of rotatable bonds is 5. The summed E-state index contributed by atoms with van der Waals surface area (Å²) in [4.78, 5) is 25.8. The van der Waals surface area contributed by atoms with E-state index < -0.39 is 0 Å². The van der Waals surface area contributed by atoms with Crippen molar-refractivity contribution in [2.75, 3.05) is 31.3 Å². The molecule has 0 aliphatic carbocycles. The van der Waals surface area contributed by atoms with Crippen LogP contribution in [0.5, 0.6) is 0 Å². The van der Waals surface area contributed by atoms with Crippen molar-refractivity contribution in [1.29, 1.82) is 0 Å². The Morgan fingerprint density at radius 2 is 2.24 bits per heavy atom. The van der Waals surface area contributed by atoms with E-state index in [9.17, 15) is 4.79 Å². The summed E-state index contributed by atoms with van der Waals surface area (Å²) in [5.74, 6) is 0.581. The van der Waals surface area contributed by atoms with Crippen LogP contribution in [0, 0.1) is 5.92 Å². The zero-order valence-corrected chi connectivity index (χ0v) is 12.2. The van der Waals surface area contributed by atoms with Gasteiger partial charge in [-0.1, -0.05) is 6.92 Å². The summed E-state index contributed by atoms with van der Waals surface area (Å²) in [6.07, 6.45) is 3.34. The summed E-state index contributed by atoms with van der Waals surface area (Å²) in [5, 5.41) is 6.67. The molecular weight excluding hydrogens is 272 g/mol. The van der Waals surface area contributed by atoms with Gasteiger partial charge < -0.3 is 16.0 Å². The van der Waals surface area contributed by atoms with Crippen LogP contribution in [0.2, 0.25) is 0 Å². The quantitative estimate of drug-likeness (QED) is 0.759. The molecular formula is C12H18N8O. The smallest absolute Gasteiger partial charge is 0.257 e. The third-order valence-corrected chi connectivity index (χ3v) is 2.92. The molecule has 0 fully saturated rings. The molecule has 2 rings (SSSR count). The Morgan fingerprint density at radius 3 is 2.86 bits per heavy atom. The highest BCUT2D eigenvalue weighted by atomic mass is 16.1. The zero-order valence-electron chi connectivity index (χ0n) is 12.2. The van der Waals surface area contributed by atoms with Crippen molar-refractivity contribution >= 4 is 17.8 Å². The molecule has 0 aromatic carbocycles. The zero-order chi connectivity index (χ0) is 15.4. The first-order valence-electron chi connectivity index (χ1n) is 6.45. The number of aromatic nitrogens is 5. The second-order valence-electron chi connectivity index (χ2n) is 4.64. The van der Waals surface area contributed by atoms with Gasteiger partial charge in [0.15, 0.2) is 0 Å². The SMILES string of the molecule is CNC(=O)C(C)CN(C)c1nc(N)nc(-n2cccn2)n1. The van der Waals surface area contributed by atoms with Gasteiger partial charge in [-0.15, -0.1) is 0 Å². The van der Waals surface area contributed by atoms with E-state index >= 15 is 0 Å². The molecule has 0 aliphatic heterocycles. The van der Waals surface area contributed by atoms with Crippen molar-refractivity contribution in [3.05, 3.63) is 18.5 Å². The average Bonchev–Trinajstić information content (AvgIpc) is 2.99. The van der Waals surface area contributed by atoms with E-state index in [-0.39, 0.29) is 17.8 Å². The van der Waals surface area contributed by atoms with Crippen LogP contribution in [-0.4, -0.2) is 51.3 Å². The second-order valence-corrected chi connectivity index (χ2v) is 4.64. The molecule has 0 radical (unpaired) electrons. The minimum atomic E-state index is -0.203. The minimum Gasteiger partial charge on any atom is -0.368 e. The van der Waals surface area contributed by atoms with Gasteiger partial charge in [0.05, 0.1) is 5.92 Å². The number of anilines is 2. The lowest BCUT2D eigenvalue weighted by Crippen LogP contribution is -2.35. The van der Waals surface area contributed by atoms with Gasteiger partial charge in [-0.05, 0) is 6.07 Å². The van der Waals surface area contributed by atoms with Crippen LogP contribution in [0.1, 0.15) is 6.92 Å². The predicted molar refractivity (Wildman–Crippen MR) is 77.9 cm³/mol. The van der Waals surface area contributed by atoms with Crippen LogP contribution in [-0.2, 0) is 4.79 Å². The lowest BCUT2D eigenvalue weighted by molar-refractivity contribution is -0.123. The number of amides is 1. The molecule has 9 nitrogen and oxygen atoms in total. The number of carbonyl (C=O) groups excluding carboxylic acids is 1. The number of carbonyl (C=O) groups is 1. The van der Waals surface area contributed by atoms with Crippen molar-refractivity contribution in [3.8, 4) is 5.95 Å². The number of nitrogens with one attached hydrogen (secondary N) is 1. The van der Waals surface area contributed by atoms with Crippen LogP contribution in [0.4, 0.5) is 11.9 Å². The van der Waals surface area contributed by atoms with E-state index in [2.05, 4.69) is 25.4 Å². The molecule has 1 atom stereocenters. The molecule has 2 aromatic heterocycles.